The summed E-state index contributed by atoms with van der Waals surface area (Å²) in [6.45, 7) is 0.157. The van der Waals surface area contributed by atoms with Crippen LogP contribution in [0, 0.1) is 0 Å². The van der Waals surface area contributed by atoms with Crippen LogP contribution in [0.25, 0.3) is 0 Å². The van der Waals surface area contributed by atoms with E-state index >= 15 is 0 Å². The van der Waals surface area contributed by atoms with E-state index in [9.17, 15) is 18.0 Å². The van der Waals surface area contributed by atoms with Gasteiger partial charge in [0.15, 0.2) is 0 Å². The van der Waals surface area contributed by atoms with Crippen LogP contribution in [0.3, 0.4) is 0 Å². The van der Waals surface area contributed by atoms with Gasteiger partial charge in [-0.05, 0) is 47.3 Å². The second-order valence-electron chi connectivity index (χ2n) is 5.99. The Labute approximate surface area is 176 Å². The number of hydrogen-bond acceptors (Lipinski definition) is 5. The molecule has 0 saturated carbocycles. The van der Waals surface area contributed by atoms with Crippen LogP contribution in [-0.2, 0) is 16.6 Å². The molecule has 2 amide bonds. The maximum atomic E-state index is 12.6. The maximum Gasteiger partial charge on any atom is 0.265 e. The molecule has 2 aromatic carbocycles. The Kier molecular flexibility index (Phi) is 6.33. The fraction of sp³-hybridized carbons (Fsp3) is 0.0526. The number of sulfonamides is 1. The number of primary sulfonamides is 1. The summed E-state index contributed by atoms with van der Waals surface area (Å²) >= 11 is 7.30. The van der Waals surface area contributed by atoms with E-state index in [0.717, 1.165) is 0 Å². The van der Waals surface area contributed by atoms with E-state index < -0.39 is 15.9 Å². The lowest BCUT2D eigenvalue weighted by molar-refractivity contribution is 0.0951. The van der Waals surface area contributed by atoms with Gasteiger partial charge in [-0.1, -0.05) is 29.8 Å². The summed E-state index contributed by atoms with van der Waals surface area (Å²) in [6.07, 6.45) is 0. The molecule has 10 heteroatoms. The number of anilines is 1. The summed E-state index contributed by atoms with van der Waals surface area (Å²) in [5, 5.41) is 12.7. The van der Waals surface area contributed by atoms with Crippen LogP contribution in [0.4, 0.5) is 5.69 Å². The lowest BCUT2D eigenvalue weighted by Gasteiger charge is -2.12. The molecular weight excluding hydrogens is 434 g/mol. The molecule has 0 saturated heterocycles. The summed E-state index contributed by atoms with van der Waals surface area (Å²) in [6, 6.07) is 13.9. The minimum absolute atomic E-state index is 0.0103. The quantitative estimate of drug-likeness (QED) is 0.535. The fourth-order valence-corrected chi connectivity index (χ4v) is 3.79. The van der Waals surface area contributed by atoms with Gasteiger partial charge in [0, 0.05) is 11.6 Å². The second kappa shape index (κ2) is 8.75. The van der Waals surface area contributed by atoms with Gasteiger partial charge in [-0.25, -0.2) is 13.6 Å². The molecule has 29 heavy (non-hydrogen) atoms. The Morgan fingerprint density at radius 2 is 1.76 bits per heavy atom. The van der Waals surface area contributed by atoms with Gasteiger partial charge < -0.3 is 10.6 Å². The van der Waals surface area contributed by atoms with Crippen LogP contribution >= 0.6 is 22.9 Å². The molecule has 150 valence electrons. The van der Waals surface area contributed by atoms with E-state index in [0.29, 0.717) is 15.5 Å². The van der Waals surface area contributed by atoms with Crippen molar-refractivity contribution in [2.45, 2.75) is 11.4 Å². The fourth-order valence-electron chi connectivity index (χ4n) is 2.48. The molecule has 0 unspecified atom stereocenters. The molecule has 0 aliphatic rings. The van der Waals surface area contributed by atoms with E-state index in [2.05, 4.69) is 10.6 Å². The number of carbonyl (C=O) groups is 2. The Hall–Kier alpha value is -2.72. The van der Waals surface area contributed by atoms with E-state index in [1.807, 2.05) is 0 Å². The van der Waals surface area contributed by atoms with Crippen molar-refractivity contribution in [3.05, 3.63) is 81.0 Å². The van der Waals surface area contributed by atoms with Gasteiger partial charge in [-0.15, -0.1) is 11.3 Å². The number of benzene rings is 2. The number of carbonyl (C=O) groups excluding carboxylic acids is 2. The monoisotopic (exact) mass is 449 g/mol. The minimum atomic E-state index is -3.77. The van der Waals surface area contributed by atoms with Crippen molar-refractivity contribution in [1.29, 1.82) is 0 Å². The van der Waals surface area contributed by atoms with Crippen LogP contribution in [0.5, 0.6) is 0 Å². The molecule has 0 aliphatic heterocycles. The summed E-state index contributed by atoms with van der Waals surface area (Å²) in [5.74, 6) is -0.756. The lowest BCUT2D eigenvalue weighted by Crippen LogP contribution is -2.25. The highest BCUT2D eigenvalue weighted by Gasteiger charge is 2.16. The van der Waals surface area contributed by atoms with E-state index in [1.54, 1.807) is 35.7 Å². The molecule has 1 heterocycles. The van der Waals surface area contributed by atoms with Gasteiger partial charge in [-0.2, -0.15) is 0 Å². The van der Waals surface area contributed by atoms with Gasteiger partial charge in [-0.3, -0.25) is 9.59 Å². The highest BCUT2D eigenvalue weighted by molar-refractivity contribution is 7.89. The Morgan fingerprint density at radius 3 is 2.38 bits per heavy atom. The Bertz CT molecular complexity index is 1140. The summed E-state index contributed by atoms with van der Waals surface area (Å²) < 4.78 is 22.6. The van der Waals surface area contributed by atoms with E-state index in [4.69, 9.17) is 16.7 Å². The van der Waals surface area contributed by atoms with Crippen LogP contribution in [0.15, 0.2) is 64.9 Å². The molecule has 4 N–H and O–H groups in total. The van der Waals surface area contributed by atoms with Crippen LogP contribution in [-0.4, -0.2) is 20.2 Å². The maximum absolute atomic E-state index is 12.6. The van der Waals surface area contributed by atoms with Crippen LogP contribution in [0.1, 0.15) is 25.6 Å². The van der Waals surface area contributed by atoms with Gasteiger partial charge in [0.25, 0.3) is 11.8 Å². The number of amides is 2. The average Bonchev–Trinajstić information content (AvgIpc) is 3.21. The number of nitrogens with two attached hydrogens (primary N) is 1. The molecule has 1 aromatic heterocycles. The van der Waals surface area contributed by atoms with Crippen molar-refractivity contribution < 1.29 is 18.0 Å². The molecule has 3 rings (SSSR count). The molecule has 0 spiro atoms. The topological polar surface area (TPSA) is 118 Å². The summed E-state index contributed by atoms with van der Waals surface area (Å²) in [4.78, 5) is 25.4. The molecule has 7 nitrogen and oxygen atoms in total. The zero-order chi connectivity index (χ0) is 21.0. The van der Waals surface area contributed by atoms with Gasteiger partial charge in [0.05, 0.1) is 21.0 Å². The molecule has 0 atom stereocenters. The Balaban J connectivity index is 1.73. The average molecular weight is 450 g/mol. The normalized spacial score (nSPS) is 11.1. The first-order chi connectivity index (χ1) is 13.7. The zero-order valence-corrected chi connectivity index (χ0v) is 17.3. The zero-order valence-electron chi connectivity index (χ0n) is 14.9. The van der Waals surface area contributed by atoms with Gasteiger partial charge >= 0.3 is 0 Å². The smallest absolute Gasteiger partial charge is 0.265 e. The standard InChI is InChI=1S/C19H16ClN3O4S2/c20-13-5-8-15(16(10-13)23-19(25)17-2-1-9-28-17)18(24)22-11-12-3-6-14(7-4-12)29(21,26)27/h1-10H,11H2,(H,22,24)(H,23,25)(H2,21,26,27). The van der Waals surface area contributed by atoms with Crippen LogP contribution < -0.4 is 15.8 Å². The SMILES string of the molecule is NS(=O)(=O)c1ccc(CNC(=O)c2ccc(Cl)cc2NC(=O)c2cccs2)cc1. The number of nitrogens with one attached hydrogen (secondary N) is 2. The molecule has 0 aliphatic carbocycles. The first-order valence-corrected chi connectivity index (χ1v) is 11.1. The van der Waals surface area contributed by atoms with Crippen molar-refractivity contribution in [1.82, 2.24) is 5.32 Å². The number of halogens is 1. The predicted molar refractivity (Wildman–Crippen MR) is 113 cm³/mol. The minimum Gasteiger partial charge on any atom is -0.348 e. The van der Waals surface area contributed by atoms with Crippen molar-refractivity contribution >= 4 is 50.5 Å². The summed E-state index contributed by atoms with van der Waals surface area (Å²) in [5.41, 5.74) is 1.22. The molecule has 0 radical (unpaired) electrons. The largest absolute Gasteiger partial charge is 0.348 e. The molecule has 0 fully saturated rings. The summed E-state index contributed by atoms with van der Waals surface area (Å²) in [7, 11) is -3.77. The first-order valence-electron chi connectivity index (χ1n) is 8.28. The first kappa shape index (κ1) is 21.0. The number of hydrogen-bond donors (Lipinski definition) is 3. The molecule has 0 bridgehead atoms. The lowest BCUT2D eigenvalue weighted by atomic mass is 10.1. The van der Waals surface area contributed by atoms with Crippen molar-refractivity contribution in [2.24, 2.45) is 5.14 Å². The van der Waals surface area contributed by atoms with Crippen molar-refractivity contribution in [2.75, 3.05) is 5.32 Å². The third kappa shape index (κ3) is 5.42. The van der Waals surface area contributed by atoms with E-state index in [-0.39, 0.29) is 28.6 Å². The number of rotatable bonds is 6. The number of thiophene rings is 1. The predicted octanol–water partition coefficient (Wildman–Crippen LogP) is 3.23. The van der Waals surface area contributed by atoms with Crippen LogP contribution in [0.2, 0.25) is 5.02 Å². The van der Waals surface area contributed by atoms with Crippen molar-refractivity contribution in [3.8, 4) is 0 Å². The third-order valence-electron chi connectivity index (χ3n) is 3.92. The molecule has 3 aromatic rings. The Morgan fingerprint density at radius 1 is 1.03 bits per heavy atom. The highest BCUT2D eigenvalue weighted by Crippen LogP contribution is 2.23. The second-order valence-corrected chi connectivity index (χ2v) is 8.94. The molecular formula is C19H16ClN3O4S2. The van der Waals surface area contributed by atoms with Crippen molar-refractivity contribution in [3.63, 3.8) is 0 Å². The third-order valence-corrected chi connectivity index (χ3v) is 5.96. The van der Waals surface area contributed by atoms with Gasteiger partial charge in [0.2, 0.25) is 10.0 Å². The highest BCUT2D eigenvalue weighted by atomic mass is 35.5. The van der Waals surface area contributed by atoms with Gasteiger partial charge in [0.1, 0.15) is 0 Å². The van der Waals surface area contributed by atoms with E-state index in [1.165, 1.54) is 35.6 Å².